The molecule has 5 heteroatoms. The summed E-state index contributed by atoms with van der Waals surface area (Å²) in [5.41, 5.74) is 1.31. The summed E-state index contributed by atoms with van der Waals surface area (Å²) in [7, 11) is 0. The van der Waals surface area contributed by atoms with E-state index in [0.29, 0.717) is 10.6 Å². The van der Waals surface area contributed by atoms with Gasteiger partial charge < -0.3 is 10.2 Å². The molecule has 1 aliphatic rings. The molecule has 3 rings (SSSR count). The fourth-order valence-electron chi connectivity index (χ4n) is 2.54. The largest absolute Gasteiger partial charge is 0.337 e. The topological polar surface area (TPSA) is 45.2 Å². The van der Waals surface area contributed by atoms with Crippen molar-refractivity contribution >= 4 is 28.4 Å². The van der Waals surface area contributed by atoms with Crippen LogP contribution >= 0.6 is 11.6 Å². The predicted molar refractivity (Wildman–Crippen MR) is 80.1 cm³/mol. The average molecular weight is 290 g/mol. The number of hydrogen-bond acceptors (Lipinski definition) is 3. The van der Waals surface area contributed by atoms with Gasteiger partial charge in [0.15, 0.2) is 0 Å². The lowest BCUT2D eigenvalue weighted by Crippen LogP contribution is -2.34. The molecule has 0 unspecified atom stereocenters. The fourth-order valence-corrected chi connectivity index (χ4v) is 2.76. The van der Waals surface area contributed by atoms with Crippen molar-refractivity contribution in [2.24, 2.45) is 0 Å². The smallest absolute Gasteiger partial charge is 0.256 e. The molecule has 0 saturated carbocycles. The van der Waals surface area contributed by atoms with Crippen molar-refractivity contribution in [3.05, 3.63) is 41.0 Å². The third-order valence-corrected chi connectivity index (χ3v) is 3.75. The van der Waals surface area contributed by atoms with E-state index < -0.39 is 0 Å². The van der Waals surface area contributed by atoms with Crippen molar-refractivity contribution in [2.75, 3.05) is 26.2 Å². The van der Waals surface area contributed by atoms with Crippen LogP contribution in [0.5, 0.6) is 0 Å². The second-order valence-electron chi connectivity index (χ2n) is 4.92. The van der Waals surface area contributed by atoms with Gasteiger partial charge in [-0.15, -0.1) is 0 Å². The van der Waals surface area contributed by atoms with Crippen LogP contribution in [0.25, 0.3) is 10.9 Å². The highest BCUT2D eigenvalue weighted by Gasteiger charge is 2.20. The Kier molecular flexibility index (Phi) is 3.85. The van der Waals surface area contributed by atoms with Gasteiger partial charge in [0.25, 0.3) is 5.91 Å². The highest BCUT2D eigenvalue weighted by molar-refractivity contribution is 6.32. The van der Waals surface area contributed by atoms with Gasteiger partial charge in [0.1, 0.15) is 0 Å². The lowest BCUT2D eigenvalue weighted by Gasteiger charge is -2.20. The zero-order valence-electron chi connectivity index (χ0n) is 11.1. The molecule has 0 atom stereocenters. The number of pyridine rings is 1. The number of carbonyl (C=O) groups is 1. The molecular weight excluding hydrogens is 274 g/mol. The van der Waals surface area contributed by atoms with E-state index in [-0.39, 0.29) is 5.91 Å². The van der Waals surface area contributed by atoms with E-state index in [1.807, 2.05) is 23.1 Å². The zero-order valence-corrected chi connectivity index (χ0v) is 11.9. The van der Waals surface area contributed by atoms with E-state index in [1.165, 1.54) is 0 Å². The van der Waals surface area contributed by atoms with Gasteiger partial charge in [-0.2, -0.15) is 0 Å². The molecule has 0 aliphatic carbocycles. The summed E-state index contributed by atoms with van der Waals surface area (Å²) in [6, 6.07) is 7.33. The Bertz CT molecular complexity index is 636. The van der Waals surface area contributed by atoms with E-state index in [2.05, 4.69) is 10.3 Å². The van der Waals surface area contributed by atoms with Crippen molar-refractivity contribution in [3.63, 3.8) is 0 Å². The molecule has 2 aromatic rings. The van der Waals surface area contributed by atoms with E-state index >= 15 is 0 Å². The van der Waals surface area contributed by atoms with Crippen molar-refractivity contribution in [1.29, 1.82) is 0 Å². The Morgan fingerprint density at radius 1 is 1.30 bits per heavy atom. The minimum atomic E-state index is 0.0138. The second kappa shape index (κ2) is 5.77. The van der Waals surface area contributed by atoms with Crippen molar-refractivity contribution in [1.82, 2.24) is 15.2 Å². The Labute approximate surface area is 122 Å². The molecule has 0 bridgehead atoms. The van der Waals surface area contributed by atoms with Crippen molar-refractivity contribution in [3.8, 4) is 0 Å². The molecule has 1 aliphatic heterocycles. The number of amides is 1. The van der Waals surface area contributed by atoms with Gasteiger partial charge in [0, 0.05) is 36.2 Å². The SMILES string of the molecule is O=C(c1cc(Cl)cc2cccnc12)N1CCCNCC1. The summed E-state index contributed by atoms with van der Waals surface area (Å²) in [6.45, 7) is 3.28. The molecule has 1 N–H and O–H groups in total. The van der Waals surface area contributed by atoms with Crippen LogP contribution in [-0.2, 0) is 0 Å². The maximum absolute atomic E-state index is 12.7. The number of hydrogen-bond donors (Lipinski definition) is 1. The Morgan fingerprint density at radius 3 is 3.10 bits per heavy atom. The Morgan fingerprint density at radius 2 is 2.20 bits per heavy atom. The van der Waals surface area contributed by atoms with Crippen LogP contribution in [0.1, 0.15) is 16.8 Å². The number of benzene rings is 1. The van der Waals surface area contributed by atoms with Gasteiger partial charge in [0.05, 0.1) is 11.1 Å². The molecule has 1 aromatic heterocycles. The molecule has 2 heterocycles. The van der Waals surface area contributed by atoms with Gasteiger partial charge in [0.2, 0.25) is 0 Å². The first kappa shape index (κ1) is 13.3. The molecule has 0 radical (unpaired) electrons. The summed E-state index contributed by atoms with van der Waals surface area (Å²) >= 11 is 6.13. The van der Waals surface area contributed by atoms with Gasteiger partial charge in [-0.3, -0.25) is 9.78 Å². The standard InChI is InChI=1S/C15H16ClN3O/c16-12-9-11-3-1-5-18-14(11)13(10-12)15(20)19-7-2-4-17-6-8-19/h1,3,5,9-10,17H,2,4,6-8H2. The lowest BCUT2D eigenvalue weighted by atomic mass is 10.1. The fraction of sp³-hybridized carbons (Fsp3) is 0.333. The monoisotopic (exact) mass is 289 g/mol. The minimum absolute atomic E-state index is 0.0138. The zero-order chi connectivity index (χ0) is 13.9. The van der Waals surface area contributed by atoms with E-state index in [9.17, 15) is 4.79 Å². The van der Waals surface area contributed by atoms with Crippen LogP contribution in [0, 0.1) is 0 Å². The Hall–Kier alpha value is -1.65. The summed E-state index contributed by atoms with van der Waals surface area (Å²) in [5.74, 6) is 0.0138. The molecule has 1 aromatic carbocycles. The van der Waals surface area contributed by atoms with Crippen LogP contribution in [0.2, 0.25) is 5.02 Å². The second-order valence-corrected chi connectivity index (χ2v) is 5.36. The van der Waals surface area contributed by atoms with Crippen LogP contribution in [0.15, 0.2) is 30.5 Å². The normalized spacial score (nSPS) is 16.1. The van der Waals surface area contributed by atoms with E-state index in [1.54, 1.807) is 12.3 Å². The summed E-state index contributed by atoms with van der Waals surface area (Å²) in [5, 5.41) is 4.77. The number of nitrogens with zero attached hydrogens (tertiary/aromatic N) is 2. The first-order valence-corrected chi connectivity index (χ1v) is 7.18. The Balaban J connectivity index is 2.02. The average Bonchev–Trinajstić information content (AvgIpc) is 2.74. The molecule has 20 heavy (non-hydrogen) atoms. The lowest BCUT2D eigenvalue weighted by molar-refractivity contribution is 0.0768. The number of nitrogens with one attached hydrogen (secondary N) is 1. The minimum Gasteiger partial charge on any atom is -0.337 e. The molecule has 4 nitrogen and oxygen atoms in total. The van der Waals surface area contributed by atoms with Crippen molar-refractivity contribution in [2.45, 2.75) is 6.42 Å². The maximum Gasteiger partial charge on any atom is 0.256 e. The van der Waals surface area contributed by atoms with Crippen LogP contribution in [-0.4, -0.2) is 42.0 Å². The number of fused-ring (bicyclic) bond motifs is 1. The van der Waals surface area contributed by atoms with Gasteiger partial charge >= 0.3 is 0 Å². The molecule has 1 fully saturated rings. The van der Waals surface area contributed by atoms with Gasteiger partial charge in [-0.05, 0) is 31.2 Å². The number of rotatable bonds is 1. The number of halogens is 1. The van der Waals surface area contributed by atoms with Gasteiger partial charge in [-0.25, -0.2) is 0 Å². The van der Waals surface area contributed by atoms with Crippen LogP contribution in [0.4, 0.5) is 0 Å². The summed E-state index contributed by atoms with van der Waals surface area (Å²) < 4.78 is 0. The van der Waals surface area contributed by atoms with E-state index in [4.69, 9.17) is 11.6 Å². The highest BCUT2D eigenvalue weighted by atomic mass is 35.5. The molecular formula is C15H16ClN3O. The summed E-state index contributed by atoms with van der Waals surface area (Å²) in [6.07, 6.45) is 2.68. The quantitative estimate of drug-likeness (QED) is 0.876. The first-order chi connectivity index (χ1) is 9.75. The molecule has 1 amide bonds. The van der Waals surface area contributed by atoms with Gasteiger partial charge in [-0.1, -0.05) is 17.7 Å². The van der Waals surface area contributed by atoms with E-state index in [0.717, 1.165) is 43.5 Å². The van der Waals surface area contributed by atoms with Crippen molar-refractivity contribution < 1.29 is 4.79 Å². The number of carbonyl (C=O) groups excluding carboxylic acids is 1. The van der Waals surface area contributed by atoms with Crippen LogP contribution < -0.4 is 5.32 Å². The summed E-state index contributed by atoms with van der Waals surface area (Å²) in [4.78, 5) is 18.9. The highest BCUT2D eigenvalue weighted by Crippen LogP contribution is 2.23. The number of aromatic nitrogens is 1. The predicted octanol–water partition coefficient (Wildman–Crippen LogP) is 2.32. The van der Waals surface area contributed by atoms with Crippen LogP contribution in [0.3, 0.4) is 0 Å². The maximum atomic E-state index is 12.7. The molecule has 1 saturated heterocycles. The molecule has 104 valence electrons. The third kappa shape index (κ3) is 2.62. The molecule has 0 spiro atoms. The third-order valence-electron chi connectivity index (χ3n) is 3.53. The first-order valence-electron chi connectivity index (χ1n) is 6.80.